The van der Waals surface area contributed by atoms with Crippen molar-refractivity contribution in [2.75, 3.05) is 18.1 Å². The van der Waals surface area contributed by atoms with Gasteiger partial charge in [-0.3, -0.25) is 4.21 Å². The zero-order valence-electron chi connectivity index (χ0n) is 10.6. The number of amides is 2. The largest absolute Gasteiger partial charge is 0.332 e. The van der Waals surface area contributed by atoms with Gasteiger partial charge in [0.1, 0.15) is 5.82 Å². The first-order valence-corrected chi connectivity index (χ1v) is 7.03. The van der Waals surface area contributed by atoms with Crippen molar-refractivity contribution in [3.63, 3.8) is 0 Å². The number of anilines is 1. The molecule has 4 nitrogen and oxygen atoms in total. The van der Waals surface area contributed by atoms with E-state index in [1.807, 2.05) is 5.32 Å². The minimum Gasteiger partial charge on any atom is -0.332 e. The van der Waals surface area contributed by atoms with Gasteiger partial charge in [0.05, 0.1) is 22.2 Å². The highest BCUT2D eigenvalue weighted by molar-refractivity contribution is 7.84. The lowest BCUT2D eigenvalue weighted by Gasteiger charge is -2.16. The molecule has 1 aromatic rings. The molecule has 2 amide bonds. The Kier molecular flexibility index (Phi) is 5.64. The SMILES string of the molecule is CS(=O)c1ccc(NC(=O)NCC(F)(F)C(F)F)cc1F. The summed E-state index contributed by atoms with van der Waals surface area (Å²) >= 11 is 0. The summed E-state index contributed by atoms with van der Waals surface area (Å²) in [5.41, 5.74) is -0.0976. The number of rotatable bonds is 5. The van der Waals surface area contributed by atoms with E-state index in [4.69, 9.17) is 0 Å². The molecule has 0 saturated carbocycles. The molecule has 1 atom stereocenters. The first-order valence-electron chi connectivity index (χ1n) is 5.47. The summed E-state index contributed by atoms with van der Waals surface area (Å²) in [5, 5.41) is 3.54. The number of nitrogens with one attached hydrogen (secondary N) is 2. The van der Waals surface area contributed by atoms with E-state index in [-0.39, 0.29) is 10.6 Å². The van der Waals surface area contributed by atoms with E-state index < -0.39 is 41.5 Å². The van der Waals surface area contributed by atoms with Crippen LogP contribution in [-0.2, 0) is 10.8 Å². The fraction of sp³-hybridized carbons (Fsp3) is 0.364. The van der Waals surface area contributed by atoms with Crippen molar-refractivity contribution in [3.05, 3.63) is 24.0 Å². The van der Waals surface area contributed by atoms with Crippen molar-refractivity contribution >= 4 is 22.5 Å². The molecule has 0 fully saturated rings. The average molecular weight is 330 g/mol. The lowest BCUT2D eigenvalue weighted by atomic mass is 10.3. The monoisotopic (exact) mass is 330 g/mol. The van der Waals surface area contributed by atoms with E-state index >= 15 is 0 Å². The molecule has 118 valence electrons. The summed E-state index contributed by atoms with van der Waals surface area (Å²) in [6, 6.07) is 1.99. The molecule has 21 heavy (non-hydrogen) atoms. The van der Waals surface area contributed by atoms with Crippen molar-refractivity contribution in [3.8, 4) is 0 Å². The number of benzene rings is 1. The third kappa shape index (κ3) is 4.96. The molecule has 0 heterocycles. The van der Waals surface area contributed by atoms with Gasteiger partial charge in [0.25, 0.3) is 0 Å². The smallest absolute Gasteiger partial charge is 0.324 e. The van der Waals surface area contributed by atoms with Crippen LogP contribution in [0.3, 0.4) is 0 Å². The standard InChI is InChI=1S/C11H11F5N2O2S/c1-21(20)8-3-2-6(4-7(8)12)18-10(19)17-5-11(15,16)9(13)14/h2-4,9H,5H2,1H3,(H2,17,18,19). The summed E-state index contributed by atoms with van der Waals surface area (Å²) in [6.45, 7) is -1.56. The summed E-state index contributed by atoms with van der Waals surface area (Å²) in [5.74, 6) is -5.21. The van der Waals surface area contributed by atoms with E-state index in [1.165, 1.54) is 12.3 Å². The Bertz CT molecular complexity index is 553. The Morgan fingerprint density at radius 3 is 2.48 bits per heavy atom. The Hall–Kier alpha value is -1.71. The normalized spacial score (nSPS) is 13.1. The molecule has 0 aromatic heterocycles. The average Bonchev–Trinajstić information content (AvgIpc) is 2.36. The topological polar surface area (TPSA) is 58.2 Å². The number of carbonyl (C=O) groups is 1. The minimum absolute atomic E-state index is 0.0924. The molecule has 10 heteroatoms. The number of hydrogen-bond acceptors (Lipinski definition) is 2. The molecule has 1 aromatic carbocycles. The first-order chi connectivity index (χ1) is 9.63. The van der Waals surface area contributed by atoms with Crippen molar-refractivity contribution in [2.45, 2.75) is 17.2 Å². The van der Waals surface area contributed by atoms with E-state index in [0.717, 1.165) is 12.1 Å². The van der Waals surface area contributed by atoms with Crippen LogP contribution in [0.15, 0.2) is 23.1 Å². The maximum absolute atomic E-state index is 13.4. The second-order valence-electron chi connectivity index (χ2n) is 3.97. The predicted octanol–water partition coefficient (Wildman–Crippen LogP) is 2.59. The van der Waals surface area contributed by atoms with Gasteiger partial charge in [-0.1, -0.05) is 0 Å². The molecule has 0 spiro atoms. The Balaban J connectivity index is 2.64. The maximum Gasteiger partial charge on any atom is 0.324 e. The van der Waals surface area contributed by atoms with Crippen LogP contribution >= 0.6 is 0 Å². The highest BCUT2D eigenvalue weighted by Crippen LogP contribution is 2.21. The van der Waals surface area contributed by atoms with Crippen LogP contribution in [0.2, 0.25) is 0 Å². The number of urea groups is 1. The second-order valence-corrected chi connectivity index (χ2v) is 5.32. The summed E-state index contributed by atoms with van der Waals surface area (Å²) in [4.78, 5) is 11.1. The summed E-state index contributed by atoms with van der Waals surface area (Å²) in [6.07, 6.45) is -2.65. The van der Waals surface area contributed by atoms with Crippen LogP contribution < -0.4 is 10.6 Å². The van der Waals surface area contributed by atoms with E-state index in [9.17, 15) is 31.0 Å². The van der Waals surface area contributed by atoms with Crippen LogP contribution in [0, 0.1) is 5.82 Å². The van der Waals surface area contributed by atoms with Gasteiger partial charge in [-0.2, -0.15) is 8.78 Å². The van der Waals surface area contributed by atoms with Crippen molar-refractivity contribution < 1.29 is 31.0 Å². The zero-order chi connectivity index (χ0) is 16.2. The zero-order valence-corrected chi connectivity index (χ0v) is 11.4. The molecular weight excluding hydrogens is 319 g/mol. The molecule has 0 saturated heterocycles. The lowest BCUT2D eigenvalue weighted by Crippen LogP contribution is -2.42. The number of carbonyl (C=O) groups excluding carboxylic acids is 1. The van der Waals surface area contributed by atoms with Gasteiger partial charge in [-0.15, -0.1) is 0 Å². The first kappa shape index (κ1) is 17.3. The molecule has 2 N–H and O–H groups in total. The highest BCUT2D eigenvalue weighted by Gasteiger charge is 2.40. The predicted molar refractivity (Wildman–Crippen MR) is 66.7 cm³/mol. The van der Waals surface area contributed by atoms with Crippen LogP contribution in [0.1, 0.15) is 0 Å². The molecule has 0 aliphatic carbocycles. The van der Waals surface area contributed by atoms with Gasteiger partial charge in [0.15, 0.2) is 0 Å². The Labute approximate surface area is 119 Å². The third-order valence-corrected chi connectivity index (χ3v) is 3.25. The lowest BCUT2D eigenvalue weighted by molar-refractivity contribution is -0.123. The van der Waals surface area contributed by atoms with E-state index in [2.05, 4.69) is 0 Å². The molecule has 0 aliphatic rings. The van der Waals surface area contributed by atoms with Gasteiger partial charge in [0, 0.05) is 11.9 Å². The van der Waals surface area contributed by atoms with Crippen LogP contribution in [0.25, 0.3) is 0 Å². The van der Waals surface area contributed by atoms with Crippen LogP contribution in [0.5, 0.6) is 0 Å². The molecule has 0 aliphatic heterocycles. The van der Waals surface area contributed by atoms with E-state index in [0.29, 0.717) is 0 Å². The van der Waals surface area contributed by atoms with E-state index in [1.54, 1.807) is 5.32 Å². The molecule has 0 bridgehead atoms. The molecule has 1 unspecified atom stereocenters. The van der Waals surface area contributed by atoms with Crippen LogP contribution in [-0.4, -0.2) is 35.4 Å². The third-order valence-electron chi connectivity index (χ3n) is 2.30. The van der Waals surface area contributed by atoms with Gasteiger partial charge in [-0.25, -0.2) is 18.0 Å². The Morgan fingerprint density at radius 2 is 2.00 bits per heavy atom. The maximum atomic E-state index is 13.4. The van der Waals surface area contributed by atoms with Gasteiger partial charge in [0.2, 0.25) is 0 Å². The number of alkyl halides is 4. The van der Waals surface area contributed by atoms with Crippen molar-refractivity contribution in [2.24, 2.45) is 0 Å². The molecular formula is C11H11F5N2O2S. The molecule has 0 radical (unpaired) electrons. The van der Waals surface area contributed by atoms with Gasteiger partial charge < -0.3 is 10.6 Å². The summed E-state index contributed by atoms with van der Waals surface area (Å²) in [7, 11) is -1.57. The number of hydrogen-bond donors (Lipinski definition) is 2. The highest BCUT2D eigenvalue weighted by atomic mass is 32.2. The van der Waals surface area contributed by atoms with Gasteiger partial charge >= 0.3 is 18.4 Å². The fourth-order valence-electron chi connectivity index (χ4n) is 1.26. The van der Waals surface area contributed by atoms with Crippen molar-refractivity contribution in [1.82, 2.24) is 5.32 Å². The van der Waals surface area contributed by atoms with Crippen molar-refractivity contribution in [1.29, 1.82) is 0 Å². The summed E-state index contributed by atoms with van der Waals surface area (Å²) < 4.78 is 73.4. The van der Waals surface area contributed by atoms with Gasteiger partial charge in [-0.05, 0) is 18.2 Å². The van der Waals surface area contributed by atoms with Crippen LogP contribution in [0.4, 0.5) is 32.4 Å². The fourth-order valence-corrected chi connectivity index (χ4v) is 1.86. The molecule has 1 rings (SSSR count). The minimum atomic E-state index is -4.36. The second kappa shape index (κ2) is 6.83. The number of halogens is 5. The quantitative estimate of drug-likeness (QED) is 0.816. The Morgan fingerprint density at radius 1 is 1.38 bits per heavy atom.